The van der Waals surface area contributed by atoms with Crippen molar-refractivity contribution in [1.29, 1.82) is 0 Å². The number of hydrogen-bond donors (Lipinski definition) is 1. The van der Waals surface area contributed by atoms with E-state index in [0.717, 1.165) is 12.5 Å². The first-order chi connectivity index (χ1) is 7.87. The van der Waals surface area contributed by atoms with Gasteiger partial charge in [-0.25, -0.2) is 0 Å². The Hall–Kier alpha value is -1.23. The molecule has 0 atom stereocenters. The molecule has 0 aromatic heterocycles. The van der Waals surface area contributed by atoms with Gasteiger partial charge >= 0.3 is 6.18 Å². The van der Waals surface area contributed by atoms with Crippen molar-refractivity contribution in [2.75, 3.05) is 7.11 Å². The molecule has 5 heteroatoms. The Kier molecular flexibility index (Phi) is 2.81. The minimum atomic E-state index is -4.47. The third-order valence-corrected chi connectivity index (χ3v) is 3.22. The monoisotopic (exact) mass is 246 g/mol. The van der Waals surface area contributed by atoms with E-state index in [1.54, 1.807) is 0 Å². The van der Waals surface area contributed by atoms with Crippen molar-refractivity contribution in [3.05, 3.63) is 29.3 Å². The van der Waals surface area contributed by atoms with E-state index in [4.69, 9.17) is 0 Å². The van der Waals surface area contributed by atoms with E-state index in [-0.39, 0.29) is 5.75 Å². The predicted octanol–water partition coefficient (Wildman–Crippen LogP) is 3.09. The number of alkyl halides is 3. The van der Waals surface area contributed by atoms with Crippen LogP contribution in [0.25, 0.3) is 0 Å². The highest BCUT2D eigenvalue weighted by Crippen LogP contribution is 2.44. The summed E-state index contributed by atoms with van der Waals surface area (Å²) in [7, 11) is 1.20. The molecule has 2 rings (SSSR count). The fraction of sp³-hybridized carbons (Fsp3) is 0.500. The first-order valence-corrected chi connectivity index (χ1v) is 5.35. The van der Waals surface area contributed by atoms with Gasteiger partial charge in [0.05, 0.1) is 18.3 Å². The molecule has 0 spiro atoms. The summed E-state index contributed by atoms with van der Waals surface area (Å²) in [4.78, 5) is 0. The molecule has 1 aromatic rings. The lowest BCUT2D eigenvalue weighted by Gasteiger charge is -2.37. The lowest BCUT2D eigenvalue weighted by molar-refractivity contribution is -0.139. The van der Waals surface area contributed by atoms with Crippen molar-refractivity contribution in [3.63, 3.8) is 0 Å². The zero-order chi connectivity index (χ0) is 12.7. The van der Waals surface area contributed by atoms with E-state index in [2.05, 4.69) is 4.74 Å². The summed E-state index contributed by atoms with van der Waals surface area (Å²) in [6.45, 7) is 0. The van der Waals surface area contributed by atoms with Gasteiger partial charge in [0.15, 0.2) is 0 Å². The molecule has 0 heterocycles. The number of hydrogen-bond acceptors (Lipinski definition) is 2. The maximum absolute atomic E-state index is 12.8. The van der Waals surface area contributed by atoms with E-state index in [1.807, 2.05) is 0 Å². The lowest BCUT2D eigenvalue weighted by atomic mass is 9.75. The zero-order valence-corrected chi connectivity index (χ0v) is 9.34. The summed E-state index contributed by atoms with van der Waals surface area (Å²) in [5.74, 6) is -0.218. The fourth-order valence-corrected chi connectivity index (χ4v) is 2.02. The molecule has 1 saturated carbocycles. The second-order valence-electron chi connectivity index (χ2n) is 4.30. The van der Waals surface area contributed by atoms with Crippen LogP contribution >= 0.6 is 0 Å². The summed E-state index contributed by atoms with van der Waals surface area (Å²) in [5, 5.41) is 10.0. The number of benzene rings is 1. The number of halogens is 3. The first-order valence-electron chi connectivity index (χ1n) is 5.35. The Balaban J connectivity index is 2.45. The lowest BCUT2D eigenvalue weighted by Crippen LogP contribution is -2.33. The molecule has 0 aliphatic heterocycles. The van der Waals surface area contributed by atoms with E-state index in [0.29, 0.717) is 18.4 Å². The summed E-state index contributed by atoms with van der Waals surface area (Å²) in [5.41, 5.74) is -1.61. The van der Waals surface area contributed by atoms with Gasteiger partial charge in [0.2, 0.25) is 0 Å². The number of ether oxygens (including phenoxy) is 1. The average Bonchev–Trinajstić information content (AvgIpc) is 2.24. The SMILES string of the molecule is COc1ccc(C2(O)CCC2)cc1C(F)(F)F. The van der Waals surface area contributed by atoms with E-state index < -0.39 is 17.3 Å². The van der Waals surface area contributed by atoms with Crippen LogP contribution in [0.15, 0.2) is 18.2 Å². The number of aliphatic hydroxyl groups is 1. The molecule has 0 unspecified atom stereocenters. The van der Waals surface area contributed by atoms with Gasteiger partial charge in [-0.1, -0.05) is 6.07 Å². The van der Waals surface area contributed by atoms with Gasteiger partial charge in [-0.3, -0.25) is 0 Å². The third-order valence-electron chi connectivity index (χ3n) is 3.22. The van der Waals surface area contributed by atoms with Crippen LogP contribution in [-0.4, -0.2) is 12.2 Å². The van der Waals surface area contributed by atoms with Crippen LogP contribution in [0, 0.1) is 0 Å². The van der Waals surface area contributed by atoms with E-state index in [1.165, 1.54) is 19.2 Å². The maximum Gasteiger partial charge on any atom is 0.419 e. The average molecular weight is 246 g/mol. The first kappa shape index (κ1) is 12.2. The number of methoxy groups -OCH3 is 1. The largest absolute Gasteiger partial charge is 0.496 e. The molecule has 94 valence electrons. The van der Waals surface area contributed by atoms with Gasteiger partial charge < -0.3 is 9.84 Å². The summed E-state index contributed by atoms with van der Waals surface area (Å²) < 4.78 is 43.0. The topological polar surface area (TPSA) is 29.5 Å². The van der Waals surface area contributed by atoms with Crippen LogP contribution in [0.4, 0.5) is 13.2 Å². The Morgan fingerprint density at radius 3 is 2.35 bits per heavy atom. The number of rotatable bonds is 2. The standard InChI is InChI=1S/C12H13F3O2/c1-17-10-4-3-8(11(16)5-2-6-11)7-9(10)12(13,14)15/h3-4,7,16H,2,5-6H2,1H3. The Bertz CT molecular complexity index is 422. The van der Waals surface area contributed by atoms with Crippen molar-refractivity contribution < 1.29 is 23.0 Å². The van der Waals surface area contributed by atoms with E-state index in [9.17, 15) is 18.3 Å². The molecule has 0 bridgehead atoms. The van der Waals surface area contributed by atoms with Crippen molar-refractivity contribution in [1.82, 2.24) is 0 Å². The summed E-state index contributed by atoms with van der Waals surface area (Å²) >= 11 is 0. The molecule has 0 radical (unpaired) electrons. The Morgan fingerprint density at radius 1 is 1.29 bits per heavy atom. The smallest absolute Gasteiger partial charge is 0.419 e. The van der Waals surface area contributed by atoms with Crippen molar-refractivity contribution in [3.8, 4) is 5.75 Å². The molecule has 1 N–H and O–H groups in total. The maximum atomic E-state index is 12.8. The molecule has 1 fully saturated rings. The second kappa shape index (κ2) is 3.91. The molecule has 1 aliphatic carbocycles. The highest BCUT2D eigenvalue weighted by molar-refractivity contribution is 5.41. The molecular formula is C12H13F3O2. The minimum Gasteiger partial charge on any atom is -0.496 e. The van der Waals surface area contributed by atoms with Crippen LogP contribution in [-0.2, 0) is 11.8 Å². The summed E-state index contributed by atoms with van der Waals surface area (Å²) in [6.07, 6.45) is -2.61. The fourth-order valence-electron chi connectivity index (χ4n) is 2.02. The van der Waals surface area contributed by atoms with Crippen LogP contribution in [0.2, 0.25) is 0 Å². The molecule has 2 nitrogen and oxygen atoms in total. The quantitative estimate of drug-likeness (QED) is 0.868. The van der Waals surface area contributed by atoms with Gasteiger partial charge in [0.1, 0.15) is 5.75 Å². The van der Waals surface area contributed by atoms with Gasteiger partial charge in [0, 0.05) is 0 Å². The summed E-state index contributed by atoms with van der Waals surface area (Å²) in [6, 6.07) is 3.74. The molecule has 0 amide bonds. The van der Waals surface area contributed by atoms with Gasteiger partial charge in [-0.05, 0) is 37.0 Å². The van der Waals surface area contributed by atoms with Crippen LogP contribution in [0.5, 0.6) is 5.75 Å². The van der Waals surface area contributed by atoms with Gasteiger partial charge in [-0.15, -0.1) is 0 Å². The van der Waals surface area contributed by atoms with Crippen molar-refractivity contribution >= 4 is 0 Å². The molecule has 1 aliphatic rings. The Morgan fingerprint density at radius 2 is 1.94 bits per heavy atom. The van der Waals surface area contributed by atoms with Crippen LogP contribution in [0.3, 0.4) is 0 Å². The molecular weight excluding hydrogens is 233 g/mol. The highest BCUT2D eigenvalue weighted by atomic mass is 19.4. The second-order valence-corrected chi connectivity index (χ2v) is 4.30. The van der Waals surface area contributed by atoms with Crippen LogP contribution in [0.1, 0.15) is 30.4 Å². The molecule has 17 heavy (non-hydrogen) atoms. The third kappa shape index (κ3) is 2.11. The molecule has 0 saturated heterocycles. The van der Waals surface area contributed by atoms with Crippen molar-refractivity contribution in [2.45, 2.75) is 31.0 Å². The minimum absolute atomic E-state index is 0.218. The zero-order valence-electron chi connectivity index (χ0n) is 9.34. The highest BCUT2D eigenvalue weighted by Gasteiger charge is 2.40. The Labute approximate surface area is 97.0 Å². The molecule has 1 aromatic carbocycles. The van der Waals surface area contributed by atoms with Gasteiger partial charge in [0.25, 0.3) is 0 Å². The predicted molar refractivity (Wildman–Crippen MR) is 55.7 cm³/mol. The van der Waals surface area contributed by atoms with Crippen LogP contribution < -0.4 is 4.74 Å². The van der Waals surface area contributed by atoms with E-state index >= 15 is 0 Å². The van der Waals surface area contributed by atoms with Gasteiger partial charge in [-0.2, -0.15) is 13.2 Å². The van der Waals surface area contributed by atoms with Crippen molar-refractivity contribution in [2.24, 2.45) is 0 Å². The normalized spacial score (nSPS) is 18.6.